The Kier molecular flexibility index (Phi) is 4.71. The summed E-state index contributed by atoms with van der Waals surface area (Å²) in [5, 5.41) is 2.83. The highest BCUT2D eigenvalue weighted by molar-refractivity contribution is 9.10. The van der Waals surface area contributed by atoms with E-state index in [1.807, 2.05) is 45.9 Å². The molecule has 4 nitrogen and oxygen atoms in total. The van der Waals surface area contributed by atoms with Gasteiger partial charge in [-0.3, -0.25) is 14.5 Å². The fourth-order valence-corrected chi connectivity index (χ4v) is 3.36. The highest BCUT2D eigenvalue weighted by Gasteiger charge is 2.42. The fourth-order valence-electron chi connectivity index (χ4n) is 2.76. The molecular weight excluding hydrogens is 332 g/mol. The zero-order valence-corrected chi connectivity index (χ0v) is 14.4. The predicted octanol–water partition coefficient (Wildman–Crippen LogP) is 3.02. The van der Waals surface area contributed by atoms with Crippen LogP contribution in [0.4, 0.5) is 5.69 Å². The Morgan fingerprint density at radius 3 is 2.48 bits per heavy atom. The number of hydrogen-bond donors (Lipinski definition) is 1. The first-order valence-electron chi connectivity index (χ1n) is 7.25. The second-order valence-electron chi connectivity index (χ2n) is 5.85. The Hall–Kier alpha value is -1.36. The van der Waals surface area contributed by atoms with Gasteiger partial charge in [0.15, 0.2) is 0 Å². The molecule has 1 heterocycles. The zero-order chi connectivity index (χ0) is 15.7. The van der Waals surface area contributed by atoms with Crippen LogP contribution in [0.2, 0.25) is 0 Å². The van der Waals surface area contributed by atoms with E-state index < -0.39 is 12.1 Å². The number of halogens is 1. The predicted molar refractivity (Wildman–Crippen MR) is 87.2 cm³/mol. The molecule has 0 aromatic heterocycles. The molecule has 1 fully saturated rings. The van der Waals surface area contributed by atoms with Crippen LogP contribution in [0.3, 0.4) is 0 Å². The number of nitrogens with one attached hydrogen (secondary N) is 1. The Morgan fingerprint density at radius 1 is 1.29 bits per heavy atom. The molecule has 0 radical (unpaired) electrons. The van der Waals surface area contributed by atoms with Gasteiger partial charge in [-0.15, -0.1) is 0 Å². The Labute approximate surface area is 134 Å². The first kappa shape index (κ1) is 16.0. The molecular formula is C16H21BrN2O2. The first-order valence-corrected chi connectivity index (χ1v) is 8.05. The molecule has 1 aromatic carbocycles. The van der Waals surface area contributed by atoms with Gasteiger partial charge in [0.2, 0.25) is 11.8 Å². The van der Waals surface area contributed by atoms with Crippen LogP contribution in [0.15, 0.2) is 22.7 Å². The van der Waals surface area contributed by atoms with E-state index in [9.17, 15) is 9.59 Å². The van der Waals surface area contributed by atoms with Crippen molar-refractivity contribution in [2.24, 2.45) is 5.92 Å². The molecule has 0 spiro atoms. The number of hydrogen-bond acceptors (Lipinski definition) is 2. The molecule has 1 aromatic rings. The minimum absolute atomic E-state index is 0.0340. The second kappa shape index (κ2) is 6.18. The number of rotatable bonds is 3. The van der Waals surface area contributed by atoms with Crippen molar-refractivity contribution in [3.05, 3.63) is 28.2 Å². The van der Waals surface area contributed by atoms with Crippen molar-refractivity contribution in [1.82, 2.24) is 5.32 Å². The topological polar surface area (TPSA) is 49.4 Å². The van der Waals surface area contributed by atoms with E-state index >= 15 is 0 Å². The first-order chi connectivity index (χ1) is 9.85. The fraction of sp³-hybridized carbons (Fsp3) is 0.500. The van der Waals surface area contributed by atoms with E-state index in [-0.39, 0.29) is 17.7 Å². The molecule has 2 rings (SSSR count). The minimum Gasteiger partial charge on any atom is -0.342 e. The number of amides is 2. The molecule has 0 saturated carbocycles. The van der Waals surface area contributed by atoms with Gasteiger partial charge in [0, 0.05) is 10.2 Å². The molecule has 0 aliphatic carbocycles. The van der Waals surface area contributed by atoms with Crippen LogP contribution in [0.25, 0.3) is 0 Å². The lowest BCUT2D eigenvalue weighted by Gasteiger charge is -2.40. The molecule has 1 aliphatic rings. The average molecular weight is 353 g/mol. The monoisotopic (exact) mass is 352 g/mol. The van der Waals surface area contributed by atoms with Crippen molar-refractivity contribution < 1.29 is 9.59 Å². The number of benzene rings is 1. The van der Waals surface area contributed by atoms with Gasteiger partial charge in [0.25, 0.3) is 0 Å². The van der Waals surface area contributed by atoms with Gasteiger partial charge >= 0.3 is 0 Å². The number of anilines is 1. The number of piperazine rings is 1. The van der Waals surface area contributed by atoms with Gasteiger partial charge in [-0.2, -0.15) is 0 Å². The molecule has 1 aliphatic heterocycles. The second-order valence-corrected chi connectivity index (χ2v) is 6.77. The van der Waals surface area contributed by atoms with E-state index in [2.05, 4.69) is 21.2 Å². The SMILES string of the molecule is CCC1NC(=O)C(C(C)C)N(c2cc(C)cc(Br)c2)C1=O. The Bertz CT molecular complexity index is 551. The van der Waals surface area contributed by atoms with Crippen LogP contribution >= 0.6 is 15.9 Å². The van der Waals surface area contributed by atoms with Crippen molar-refractivity contribution >= 4 is 33.4 Å². The summed E-state index contributed by atoms with van der Waals surface area (Å²) >= 11 is 3.47. The summed E-state index contributed by atoms with van der Waals surface area (Å²) in [6.07, 6.45) is 0.596. The third-order valence-corrected chi connectivity index (χ3v) is 4.20. The highest BCUT2D eigenvalue weighted by atomic mass is 79.9. The lowest BCUT2D eigenvalue weighted by molar-refractivity contribution is -0.134. The maximum Gasteiger partial charge on any atom is 0.250 e. The molecule has 2 atom stereocenters. The molecule has 114 valence electrons. The van der Waals surface area contributed by atoms with Crippen LogP contribution in [-0.2, 0) is 9.59 Å². The van der Waals surface area contributed by atoms with Crippen LogP contribution in [0, 0.1) is 12.8 Å². The van der Waals surface area contributed by atoms with Gasteiger partial charge < -0.3 is 5.32 Å². The maximum atomic E-state index is 12.7. The van der Waals surface area contributed by atoms with E-state index in [1.165, 1.54) is 0 Å². The summed E-state index contributed by atoms with van der Waals surface area (Å²) < 4.78 is 0.909. The quantitative estimate of drug-likeness (QED) is 0.908. The molecule has 0 bridgehead atoms. The zero-order valence-electron chi connectivity index (χ0n) is 12.8. The maximum absolute atomic E-state index is 12.7. The van der Waals surface area contributed by atoms with E-state index in [0.29, 0.717) is 6.42 Å². The number of carbonyl (C=O) groups excluding carboxylic acids is 2. The lowest BCUT2D eigenvalue weighted by atomic mass is 9.95. The van der Waals surface area contributed by atoms with Crippen molar-refractivity contribution in [2.45, 2.75) is 46.2 Å². The molecule has 2 unspecified atom stereocenters. The summed E-state index contributed by atoms with van der Waals surface area (Å²) in [5.41, 5.74) is 1.83. The van der Waals surface area contributed by atoms with E-state index in [4.69, 9.17) is 0 Å². The molecule has 5 heteroatoms. The summed E-state index contributed by atoms with van der Waals surface area (Å²) in [6, 6.07) is 4.93. The third-order valence-electron chi connectivity index (χ3n) is 3.74. The lowest BCUT2D eigenvalue weighted by Crippen LogP contribution is -2.65. The Morgan fingerprint density at radius 2 is 1.95 bits per heavy atom. The molecule has 1 N–H and O–H groups in total. The minimum atomic E-state index is -0.464. The summed E-state index contributed by atoms with van der Waals surface area (Å²) in [5.74, 6) is -0.0616. The van der Waals surface area contributed by atoms with E-state index in [0.717, 1.165) is 15.7 Å². The normalized spacial score (nSPS) is 22.7. The van der Waals surface area contributed by atoms with Crippen molar-refractivity contribution in [2.75, 3.05) is 4.90 Å². The van der Waals surface area contributed by atoms with Gasteiger partial charge in [0.1, 0.15) is 12.1 Å². The van der Waals surface area contributed by atoms with Crippen LogP contribution in [0.5, 0.6) is 0 Å². The Balaban J connectivity index is 2.52. The average Bonchev–Trinajstić information content (AvgIpc) is 2.38. The van der Waals surface area contributed by atoms with Gasteiger partial charge in [-0.25, -0.2) is 0 Å². The highest BCUT2D eigenvalue weighted by Crippen LogP contribution is 2.29. The largest absolute Gasteiger partial charge is 0.342 e. The van der Waals surface area contributed by atoms with Crippen molar-refractivity contribution in [3.63, 3.8) is 0 Å². The van der Waals surface area contributed by atoms with Gasteiger partial charge in [-0.1, -0.05) is 36.7 Å². The summed E-state index contributed by atoms with van der Waals surface area (Å²) in [7, 11) is 0. The smallest absolute Gasteiger partial charge is 0.250 e. The van der Waals surface area contributed by atoms with Crippen molar-refractivity contribution in [3.8, 4) is 0 Å². The standard InChI is InChI=1S/C16H21BrN2O2/c1-5-13-16(21)19(14(9(2)3)15(20)18-13)12-7-10(4)6-11(17)8-12/h6-9,13-14H,5H2,1-4H3,(H,18,20). The number of nitrogens with zero attached hydrogens (tertiary/aromatic N) is 1. The van der Waals surface area contributed by atoms with Crippen LogP contribution in [0.1, 0.15) is 32.8 Å². The number of carbonyl (C=O) groups is 2. The van der Waals surface area contributed by atoms with Gasteiger partial charge in [0.05, 0.1) is 0 Å². The number of aryl methyl sites for hydroxylation is 1. The molecule has 21 heavy (non-hydrogen) atoms. The van der Waals surface area contributed by atoms with Gasteiger partial charge in [-0.05, 0) is 43.0 Å². The third kappa shape index (κ3) is 3.12. The molecule has 2 amide bonds. The molecule has 1 saturated heterocycles. The summed E-state index contributed by atoms with van der Waals surface area (Å²) in [4.78, 5) is 26.8. The van der Waals surface area contributed by atoms with E-state index in [1.54, 1.807) is 4.90 Å². The van der Waals surface area contributed by atoms with Crippen LogP contribution in [-0.4, -0.2) is 23.9 Å². The van der Waals surface area contributed by atoms with Crippen molar-refractivity contribution in [1.29, 1.82) is 0 Å². The summed E-state index contributed by atoms with van der Waals surface area (Å²) in [6.45, 7) is 7.80. The van der Waals surface area contributed by atoms with Crippen LogP contribution < -0.4 is 10.2 Å².